The third-order valence-corrected chi connectivity index (χ3v) is 11.6. The summed E-state index contributed by atoms with van der Waals surface area (Å²) in [7, 11) is -3.07. The summed E-state index contributed by atoms with van der Waals surface area (Å²) in [5.41, 5.74) is 4.76. The zero-order chi connectivity index (χ0) is 26.7. The van der Waals surface area contributed by atoms with Gasteiger partial charge in [-0.1, -0.05) is 127 Å². The Hall–Kier alpha value is -4.57. The lowest BCUT2D eigenvalue weighted by Gasteiger charge is -2.20. The van der Waals surface area contributed by atoms with Crippen molar-refractivity contribution in [3.8, 4) is 11.3 Å². The fraction of sp³-hybridized carbons (Fsp3) is 0. The summed E-state index contributed by atoms with van der Waals surface area (Å²) in [5, 5.41) is 4.64. The first kappa shape index (κ1) is 23.3. The second kappa shape index (κ2) is 8.99. The number of nitrogens with zero attached hydrogens (tertiary/aromatic N) is 3. The molecule has 0 bridgehead atoms. The van der Waals surface area contributed by atoms with Gasteiger partial charge in [0.2, 0.25) is 0 Å². The van der Waals surface area contributed by atoms with E-state index in [1.165, 1.54) is 0 Å². The monoisotopic (exact) mass is 551 g/mol. The molecule has 3 aromatic heterocycles. The lowest BCUT2D eigenvalue weighted by molar-refractivity contribution is 0.592. The van der Waals surface area contributed by atoms with Crippen LogP contribution < -0.4 is 15.9 Å². The lowest BCUT2D eigenvalue weighted by atomic mass is 10.0. The van der Waals surface area contributed by atoms with E-state index in [9.17, 15) is 4.57 Å². The van der Waals surface area contributed by atoms with Gasteiger partial charge in [0, 0.05) is 32.2 Å². The van der Waals surface area contributed by atoms with Crippen LogP contribution in [0.5, 0.6) is 0 Å². The van der Waals surface area contributed by atoms with Gasteiger partial charge in [-0.25, -0.2) is 9.97 Å². The van der Waals surface area contributed by atoms with Crippen LogP contribution in [0.1, 0.15) is 0 Å². The molecule has 0 aliphatic heterocycles. The zero-order valence-electron chi connectivity index (χ0n) is 21.3. The van der Waals surface area contributed by atoms with Gasteiger partial charge in [-0.3, -0.25) is 4.40 Å². The predicted molar refractivity (Wildman–Crippen MR) is 168 cm³/mol. The van der Waals surface area contributed by atoms with E-state index in [1.54, 1.807) is 11.3 Å². The minimum atomic E-state index is -3.07. The highest BCUT2D eigenvalue weighted by atomic mass is 32.1. The number of hydrogen-bond donors (Lipinski definition) is 0. The Kier molecular flexibility index (Phi) is 5.24. The molecule has 8 rings (SSSR count). The smallest absolute Gasteiger partial charge is 0.197 e. The maximum absolute atomic E-state index is 14.9. The standard InChI is InChI=1S/C34H22N3OPS/c38-39(24-14-6-2-7-15-24,25-16-8-3-9-17-25)26-20-21-29-30(22-26)40-34-36-32-28-19-11-10-18-27(28)31(35-33(32)37(29)34)23-12-4-1-5-13-23/h1-22H. The van der Waals surface area contributed by atoms with E-state index in [4.69, 9.17) is 9.97 Å². The molecule has 0 unspecified atom stereocenters. The van der Waals surface area contributed by atoms with E-state index >= 15 is 0 Å². The summed E-state index contributed by atoms with van der Waals surface area (Å²) in [6.45, 7) is 0. The van der Waals surface area contributed by atoms with Crippen LogP contribution in [0.2, 0.25) is 0 Å². The van der Waals surface area contributed by atoms with E-state index in [2.05, 4.69) is 52.9 Å². The molecule has 5 aromatic carbocycles. The fourth-order valence-corrected chi connectivity index (χ4v) is 9.45. The lowest BCUT2D eigenvalue weighted by Crippen LogP contribution is -2.24. The molecule has 0 aliphatic carbocycles. The van der Waals surface area contributed by atoms with Crippen LogP contribution >= 0.6 is 18.5 Å². The summed E-state index contributed by atoms with van der Waals surface area (Å²) < 4.78 is 18.1. The molecule has 40 heavy (non-hydrogen) atoms. The summed E-state index contributed by atoms with van der Waals surface area (Å²) in [6.07, 6.45) is 0. The van der Waals surface area contributed by atoms with Crippen molar-refractivity contribution in [3.63, 3.8) is 0 Å². The average molecular weight is 552 g/mol. The van der Waals surface area contributed by atoms with Crippen LogP contribution in [0, 0.1) is 0 Å². The normalized spacial score (nSPS) is 12.1. The number of pyridine rings is 1. The van der Waals surface area contributed by atoms with Crippen molar-refractivity contribution in [1.82, 2.24) is 14.4 Å². The second-order valence-corrected chi connectivity index (χ2v) is 13.6. The molecule has 0 atom stereocenters. The first-order valence-corrected chi connectivity index (χ1v) is 15.6. The third-order valence-electron chi connectivity index (χ3n) is 7.51. The van der Waals surface area contributed by atoms with Crippen LogP contribution in [0.4, 0.5) is 0 Å². The Morgan fingerprint density at radius 1 is 0.600 bits per heavy atom. The van der Waals surface area contributed by atoms with Crippen molar-refractivity contribution in [2.45, 2.75) is 0 Å². The molecule has 8 aromatic rings. The van der Waals surface area contributed by atoms with Crippen LogP contribution in [0.25, 0.3) is 48.4 Å². The number of thiazole rings is 1. The average Bonchev–Trinajstić information content (AvgIpc) is 3.57. The van der Waals surface area contributed by atoms with Gasteiger partial charge in [-0.05, 0) is 18.2 Å². The predicted octanol–water partition coefficient (Wildman–Crippen LogP) is 7.56. The Morgan fingerprint density at radius 3 is 1.88 bits per heavy atom. The highest BCUT2D eigenvalue weighted by molar-refractivity contribution is 7.85. The highest BCUT2D eigenvalue weighted by Gasteiger charge is 2.30. The van der Waals surface area contributed by atoms with E-state index in [-0.39, 0.29) is 0 Å². The number of hydrogen-bond acceptors (Lipinski definition) is 4. The molecule has 190 valence electrons. The molecule has 0 saturated carbocycles. The van der Waals surface area contributed by atoms with Gasteiger partial charge in [0.1, 0.15) is 5.52 Å². The van der Waals surface area contributed by atoms with Gasteiger partial charge in [0.05, 0.1) is 15.9 Å². The van der Waals surface area contributed by atoms with E-state index in [0.717, 1.165) is 64.3 Å². The summed E-state index contributed by atoms with van der Waals surface area (Å²) >= 11 is 1.61. The van der Waals surface area contributed by atoms with E-state index < -0.39 is 7.14 Å². The SMILES string of the molecule is O=P(c1ccccc1)(c1ccccc1)c1ccc2c(c1)sc1nc3c4ccccc4c(-c4ccccc4)nc3n12. The van der Waals surface area contributed by atoms with Gasteiger partial charge in [-0.15, -0.1) is 0 Å². The maximum Gasteiger partial charge on any atom is 0.197 e. The van der Waals surface area contributed by atoms with Crippen molar-refractivity contribution >= 4 is 71.5 Å². The minimum absolute atomic E-state index is 0.814. The van der Waals surface area contributed by atoms with E-state index in [1.807, 2.05) is 84.9 Å². The topological polar surface area (TPSA) is 47.3 Å². The number of benzene rings is 5. The number of imidazole rings is 1. The second-order valence-electron chi connectivity index (χ2n) is 9.81. The zero-order valence-corrected chi connectivity index (χ0v) is 23.0. The van der Waals surface area contributed by atoms with Crippen molar-refractivity contribution in [3.05, 3.63) is 133 Å². The molecule has 3 heterocycles. The van der Waals surface area contributed by atoms with Crippen molar-refractivity contribution in [1.29, 1.82) is 0 Å². The van der Waals surface area contributed by atoms with Gasteiger partial charge >= 0.3 is 0 Å². The number of rotatable bonds is 4. The maximum atomic E-state index is 14.9. The molecule has 6 heteroatoms. The van der Waals surface area contributed by atoms with Crippen molar-refractivity contribution in [2.24, 2.45) is 0 Å². The summed E-state index contributed by atoms with van der Waals surface area (Å²) in [4.78, 5) is 11.2. The molecule has 4 nitrogen and oxygen atoms in total. The molecule has 0 spiro atoms. The van der Waals surface area contributed by atoms with Crippen molar-refractivity contribution in [2.75, 3.05) is 0 Å². The van der Waals surface area contributed by atoms with Gasteiger partial charge in [0.25, 0.3) is 0 Å². The number of aromatic nitrogens is 3. The molecule has 0 radical (unpaired) electrons. The van der Waals surface area contributed by atoms with Crippen molar-refractivity contribution < 1.29 is 4.57 Å². The number of fused-ring (bicyclic) bond motifs is 7. The Labute approximate surface area is 234 Å². The molecule has 0 aliphatic rings. The highest BCUT2D eigenvalue weighted by Crippen LogP contribution is 2.44. The third kappa shape index (κ3) is 3.42. The molecular formula is C34H22N3OPS. The molecule has 0 amide bonds. The summed E-state index contributed by atoms with van der Waals surface area (Å²) in [6, 6.07) is 44.4. The molecule has 0 N–H and O–H groups in total. The molecule has 0 saturated heterocycles. The Bertz CT molecular complexity index is 2200. The first-order chi connectivity index (χ1) is 19.7. The first-order valence-electron chi connectivity index (χ1n) is 13.1. The largest absolute Gasteiger partial charge is 0.309 e. The van der Waals surface area contributed by atoms with Gasteiger partial charge in [-0.2, -0.15) is 0 Å². The van der Waals surface area contributed by atoms with Crippen LogP contribution in [-0.4, -0.2) is 14.4 Å². The van der Waals surface area contributed by atoms with E-state index in [0.29, 0.717) is 0 Å². The quantitative estimate of drug-likeness (QED) is 0.212. The van der Waals surface area contributed by atoms with Crippen LogP contribution in [-0.2, 0) is 4.57 Å². The fourth-order valence-electron chi connectivity index (χ4n) is 5.63. The minimum Gasteiger partial charge on any atom is -0.309 e. The van der Waals surface area contributed by atoms with Crippen LogP contribution in [0.15, 0.2) is 133 Å². The molecule has 0 fully saturated rings. The van der Waals surface area contributed by atoms with Crippen LogP contribution in [0.3, 0.4) is 0 Å². The summed E-state index contributed by atoms with van der Waals surface area (Å²) in [5.74, 6) is 0. The van der Waals surface area contributed by atoms with Gasteiger partial charge in [0.15, 0.2) is 17.7 Å². The molecular weight excluding hydrogens is 529 g/mol. The Balaban J connectivity index is 1.40. The van der Waals surface area contributed by atoms with Gasteiger partial charge < -0.3 is 4.57 Å². The Morgan fingerprint density at radius 2 is 1.20 bits per heavy atom.